The summed E-state index contributed by atoms with van der Waals surface area (Å²) in [7, 11) is 0. The summed E-state index contributed by atoms with van der Waals surface area (Å²) in [6.07, 6.45) is 5.06. The predicted molar refractivity (Wildman–Crippen MR) is 84.1 cm³/mol. The number of nitrogens with zero attached hydrogens (tertiary/aromatic N) is 3. The molecule has 0 radical (unpaired) electrons. The third kappa shape index (κ3) is 2.86. The summed E-state index contributed by atoms with van der Waals surface area (Å²) in [6.45, 7) is 6.19. The Kier molecular flexibility index (Phi) is 4.34. The fraction of sp³-hybridized carbons (Fsp3) is 0.529. The van der Waals surface area contributed by atoms with E-state index in [0.717, 1.165) is 25.3 Å². The molecule has 0 fully saturated rings. The van der Waals surface area contributed by atoms with Crippen LogP contribution in [0.3, 0.4) is 0 Å². The third-order valence-corrected chi connectivity index (χ3v) is 4.51. The highest BCUT2D eigenvalue weighted by molar-refractivity contribution is 5.33. The Morgan fingerprint density at radius 3 is 2.95 bits per heavy atom. The Morgan fingerprint density at radius 2 is 2.14 bits per heavy atom. The lowest BCUT2D eigenvalue weighted by atomic mass is 9.78. The summed E-state index contributed by atoms with van der Waals surface area (Å²) in [4.78, 5) is 4.46. The van der Waals surface area contributed by atoms with Crippen LogP contribution in [0.15, 0.2) is 30.6 Å². The smallest absolute Gasteiger partial charge is 0.138 e. The van der Waals surface area contributed by atoms with Crippen molar-refractivity contribution in [2.24, 2.45) is 5.92 Å². The Bertz CT molecular complexity index is 590. The molecule has 1 aliphatic rings. The normalized spacial score (nSPS) is 21.2. The minimum Gasteiger partial charge on any atom is -0.310 e. The van der Waals surface area contributed by atoms with E-state index in [0.29, 0.717) is 12.0 Å². The van der Waals surface area contributed by atoms with Crippen LogP contribution in [-0.2, 0) is 19.4 Å². The lowest BCUT2D eigenvalue weighted by Gasteiger charge is -2.34. The minimum atomic E-state index is 0.432. The second kappa shape index (κ2) is 6.39. The molecule has 4 nitrogen and oxygen atoms in total. The van der Waals surface area contributed by atoms with E-state index >= 15 is 0 Å². The molecule has 0 amide bonds. The quantitative estimate of drug-likeness (QED) is 0.918. The van der Waals surface area contributed by atoms with Gasteiger partial charge in [-0.3, -0.25) is 4.68 Å². The van der Waals surface area contributed by atoms with E-state index in [1.54, 1.807) is 6.33 Å². The van der Waals surface area contributed by atoms with Crippen LogP contribution in [0, 0.1) is 5.92 Å². The molecule has 2 atom stereocenters. The van der Waals surface area contributed by atoms with E-state index in [1.807, 2.05) is 4.68 Å². The Balaban J connectivity index is 1.85. The van der Waals surface area contributed by atoms with Crippen LogP contribution >= 0.6 is 0 Å². The largest absolute Gasteiger partial charge is 0.310 e. The van der Waals surface area contributed by atoms with Gasteiger partial charge in [0.05, 0.1) is 0 Å². The molecule has 112 valence electrons. The summed E-state index contributed by atoms with van der Waals surface area (Å²) in [5, 5.41) is 7.98. The zero-order valence-electron chi connectivity index (χ0n) is 12.9. The first kappa shape index (κ1) is 14.3. The van der Waals surface area contributed by atoms with Gasteiger partial charge in [-0.05, 0) is 43.4 Å². The number of benzene rings is 1. The molecule has 2 unspecified atom stereocenters. The van der Waals surface area contributed by atoms with Crippen molar-refractivity contribution in [2.45, 2.75) is 45.7 Å². The lowest BCUT2D eigenvalue weighted by molar-refractivity contribution is 0.314. The summed E-state index contributed by atoms with van der Waals surface area (Å²) in [5.41, 5.74) is 2.97. The number of hydrogen-bond acceptors (Lipinski definition) is 3. The number of aromatic nitrogens is 3. The molecule has 0 saturated carbocycles. The van der Waals surface area contributed by atoms with Crippen LogP contribution in [-0.4, -0.2) is 21.3 Å². The van der Waals surface area contributed by atoms with E-state index < -0.39 is 0 Å². The van der Waals surface area contributed by atoms with Crippen LogP contribution < -0.4 is 5.32 Å². The molecule has 0 bridgehead atoms. The van der Waals surface area contributed by atoms with E-state index in [4.69, 9.17) is 0 Å². The first-order valence-electron chi connectivity index (χ1n) is 8.01. The molecule has 0 spiro atoms. The molecule has 1 aliphatic carbocycles. The van der Waals surface area contributed by atoms with Gasteiger partial charge >= 0.3 is 0 Å². The fourth-order valence-electron chi connectivity index (χ4n) is 3.49. The van der Waals surface area contributed by atoms with Crippen molar-refractivity contribution in [1.82, 2.24) is 20.1 Å². The second-order valence-corrected chi connectivity index (χ2v) is 5.73. The van der Waals surface area contributed by atoms with Crippen LogP contribution in [0.5, 0.6) is 0 Å². The maximum Gasteiger partial charge on any atom is 0.138 e. The zero-order valence-corrected chi connectivity index (χ0v) is 12.9. The fourth-order valence-corrected chi connectivity index (χ4v) is 3.49. The summed E-state index contributed by atoms with van der Waals surface area (Å²) in [5.74, 6) is 1.71. The van der Waals surface area contributed by atoms with Gasteiger partial charge in [0.1, 0.15) is 12.2 Å². The van der Waals surface area contributed by atoms with Crippen LogP contribution in [0.4, 0.5) is 0 Å². The van der Waals surface area contributed by atoms with E-state index in [1.165, 1.54) is 24.0 Å². The van der Waals surface area contributed by atoms with Crippen molar-refractivity contribution >= 4 is 0 Å². The first-order chi connectivity index (χ1) is 10.3. The second-order valence-electron chi connectivity index (χ2n) is 5.73. The van der Waals surface area contributed by atoms with Crippen LogP contribution in [0.25, 0.3) is 0 Å². The molecule has 1 heterocycles. The van der Waals surface area contributed by atoms with Gasteiger partial charge in [-0.25, -0.2) is 4.98 Å². The van der Waals surface area contributed by atoms with Crippen LogP contribution in [0.2, 0.25) is 0 Å². The van der Waals surface area contributed by atoms with Gasteiger partial charge in [-0.15, -0.1) is 0 Å². The van der Waals surface area contributed by atoms with E-state index in [9.17, 15) is 0 Å². The van der Waals surface area contributed by atoms with Gasteiger partial charge in [-0.1, -0.05) is 31.2 Å². The maximum atomic E-state index is 4.46. The van der Waals surface area contributed by atoms with Gasteiger partial charge < -0.3 is 5.32 Å². The van der Waals surface area contributed by atoms with Crippen molar-refractivity contribution in [3.05, 3.63) is 47.5 Å². The van der Waals surface area contributed by atoms with Crippen molar-refractivity contribution in [2.75, 3.05) is 6.54 Å². The van der Waals surface area contributed by atoms with E-state index in [2.05, 4.69) is 53.5 Å². The molecule has 21 heavy (non-hydrogen) atoms. The molecular formula is C17H24N4. The first-order valence-corrected chi connectivity index (χ1v) is 8.01. The minimum absolute atomic E-state index is 0.432. The molecule has 0 saturated heterocycles. The van der Waals surface area contributed by atoms with Crippen molar-refractivity contribution in [3.8, 4) is 0 Å². The zero-order chi connectivity index (χ0) is 14.7. The number of rotatable bonds is 5. The highest BCUT2D eigenvalue weighted by atomic mass is 15.3. The lowest BCUT2D eigenvalue weighted by Crippen LogP contribution is -2.34. The Hall–Kier alpha value is -1.68. The molecule has 3 rings (SSSR count). The van der Waals surface area contributed by atoms with Gasteiger partial charge in [0, 0.05) is 19.0 Å². The number of fused-ring (bicyclic) bond motifs is 1. The highest BCUT2D eigenvalue weighted by Gasteiger charge is 2.29. The third-order valence-electron chi connectivity index (χ3n) is 4.51. The van der Waals surface area contributed by atoms with Gasteiger partial charge in [0.2, 0.25) is 0 Å². The standard InChI is InChI=1S/C17H24N4/c1-3-18-17-14(11-16-19-12-20-21(16)4-2)10-9-13-7-5-6-8-15(13)17/h5-8,12,14,17-18H,3-4,9-11H2,1-2H3. The molecule has 0 aliphatic heterocycles. The SMILES string of the molecule is CCNC1c2ccccc2CCC1Cc1ncnn1CC. The Labute approximate surface area is 126 Å². The van der Waals surface area contributed by atoms with E-state index in [-0.39, 0.29) is 0 Å². The van der Waals surface area contributed by atoms with Gasteiger partial charge in [0.25, 0.3) is 0 Å². The number of hydrogen-bond donors (Lipinski definition) is 1. The molecule has 2 aromatic rings. The van der Waals surface area contributed by atoms with Crippen molar-refractivity contribution < 1.29 is 0 Å². The van der Waals surface area contributed by atoms with Gasteiger partial charge in [-0.2, -0.15) is 5.10 Å². The monoisotopic (exact) mass is 284 g/mol. The molecule has 1 aromatic heterocycles. The van der Waals surface area contributed by atoms with Crippen LogP contribution in [0.1, 0.15) is 43.3 Å². The summed E-state index contributed by atoms with van der Waals surface area (Å²) >= 11 is 0. The number of aryl methyl sites for hydroxylation is 2. The topological polar surface area (TPSA) is 42.7 Å². The predicted octanol–water partition coefficient (Wildman–Crippen LogP) is 2.75. The summed E-state index contributed by atoms with van der Waals surface area (Å²) in [6, 6.07) is 9.28. The number of nitrogens with one attached hydrogen (secondary N) is 1. The van der Waals surface area contributed by atoms with Crippen molar-refractivity contribution in [3.63, 3.8) is 0 Å². The summed E-state index contributed by atoms with van der Waals surface area (Å²) < 4.78 is 2.02. The molecular weight excluding hydrogens is 260 g/mol. The average Bonchev–Trinajstić information content (AvgIpc) is 2.97. The highest BCUT2D eigenvalue weighted by Crippen LogP contribution is 2.36. The Morgan fingerprint density at radius 1 is 1.29 bits per heavy atom. The maximum absolute atomic E-state index is 4.46. The van der Waals surface area contributed by atoms with Crippen molar-refractivity contribution in [1.29, 1.82) is 0 Å². The average molecular weight is 284 g/mol. The molecule has 1 aromatic carbocycles. The van der Waals surface area contributed by atoms with Gasteiger partial charge in [0.15, 0.2) is 0 Å². The molecule has 4 heteroatoms. The molecule has 1 N–H and O–H groups in total.